The molecule has 0 saturated carbocycles. The number of hydrogen-bond donors (Lipinski definition) is 0. The van der Waals surface area contributed by atoms with E-state index in [0.717, 1.165) is 17.9 Å². The Balaban J connectivity index is 2.22. The summed E-state index contributed by atoms with van der Waals surface area (Å²) in [7, 11) is 0. The molecule has 0 aliphatic heterocycles. The van der Waals surface area contributed by atoms with Gasteiger partial charge < -0.3 is 0 Å². The number of benzene rings is 1. The van der Waals surface area contributed by atoms with E-state index in [0.29, 0.717) is 0 Å². The number of nitrogens with zero attached hydrogens (tertiary/aromatic N) is 1. The van der Waals surface area contributed by atoms with Crippen LogP contribution >= 0.6 is 0 Å². The largest absolute Gasteiger partial charge is 0.192 e. The van der Waals surface area contributed by atoms with Crippen LogP contribution in [0.15, 0.2) is 35.9 Å². The van der Waals surface area contributed by atoms with Crippen molar-refractivity contribution in [1.29, 1.82) is 5.26 Å². The molecule has 1 unspecified atom stereocenters. The summed E-state index contributed by atoms with van der Waals surface area (Å²) < 4.78 is 0. The highest BCUT2D eigenvalue weighted by atomic mass is 14.2. The molecule has 1 nitrogen and oxygen atoms in total. The van der Waals surface area contributed by atoms with Gasteiger partial charge in [-0.05, 0) is 63.1 Å². The fourth-order valence-corrected chi connectivity index (χ4v) is 2.20. The number of allylic oxidation sites excluding steroid dienone is 2. The maximum atomic E-state index is 8.74. The molecule has 0 radical (unpaired) electrons. The van der Waals surface area contributed by atoms with Crippen LogP contribution in [0.25, 0.3) is 0 Å². The first-order valence-corrected chi connectivity index (χ1v) is 7.24. The van der Waals surface area contributed by atoms with E-state index in [1.807, 2.05) is 12.1 Å². The number of rotatable bonds is 7. The predicted octanol–water partition coefficient (Wildman–Crippen LogP) is 5.26. The molecule has 102 valence electrons. The van der Waals surface area contributed by atoms with Crippen molar-refractivity contribution in [3.05, 3.63) is 47.0 Å². The maximum Gasteiger partial charge on any atom is 0.0991 e. The van der Waals surface area contributed by atoms with E-state index in [4.69, 9.17) is 5.26 Å². The zero-order valence-corrected chi connectivity index (χ0v) is 12.4. The molecule has 0 fully saturated rings. The van der Waals surface area contributed by atoms with Crippen molar-refractivity contribution in [3.63, 3.8) is 0 Å². The highest BCUT2D eigenvalue weighted by Gasteiger charge is 2.02. The number of nitriles is 1. The van der Waals surface area contributed by atoms with Crippen molar-refractivity contribution in [2.45, 2.75) is 52.9 Å². The van der Waals surface area contributed by atoms with E-state index < -0.39 is 0 Å². The van der Waals surface area contributed by atoms with Crippen LogP contribution in [0.1, 0.15) is 57.6 Å². The lowest BCUT2D eigenvalue weighted by molar-refractivity contribution is 0.478. The molecule has 0 N–H and O–H groups in total. The SMILES string of the molecule is CC(C)=CCCC(C)CCCc1ccc(C#N)cc1. The Hall–Kier alpha value is -1.55. The van der Waals surface area contributed by atoms with Crippen LogP contribution in [0, 0.1) is 17.2 Å². The van der Waals surface area contributed by atoms with Gasteiger partial charge in [-0.15, -0.1) is 0 Å². The molecule has 0 spiro atoms. The minimum atomic E-state index is 0.749. The van der Waals surface area contributed by atoms with Crippen molar-refractivity contribution >= 4 is 0 Å². The minimum absolute atomic E-state index is 0.749. The first-order chi connectivity index (χ1) is 9.11. The van der Waals surface area contributed by atoms with Gasteiger partial charge in [-0.1, -0.05) is 37.1 Å². The van der Waals surface area contributed by atoms with Crippen molar-refractivity contribution < 1.29 is 0 Å². The summed E-state index contributed by atoms with van der Waals surface area (Å²) in [5, 5.41) is 8.74. The van der Waals surface area contributed by atoms with Gasteiger partial charge in [0.2, 0.25) is 0 Å². The molecule has 0 aliphatic carbocycles. The van der Waals surface area contributed by atoms with E-state index >= 15 is 0 Å². The van der Waals surface area contributed by atoms with Gasteiger partial charge in [0, 0.05) is 0 Å². The highest BCUT2D eigenvalue weighted by Crippen LogP contribution is 2.16. The van der Waals surface area contributed by atoms with Gasteiger partial charge in [-0.2, -0.15) is 5.26 Å². The van der Waals surface area contributed by atoms with Crippen molar-refractivity contribution in [1.82, 2.24) is 0 Å². The van der Waals surface area contributed by atoms with E-state index in [1.54, 1.807) is 0 Å². The molecule has 0 heterocycles. The highest BCUT2D eigenvalue weighted by molar-refractivity contribution is 5.31. The summed E-state index contributed by atoms with van der Waals surface area (Å²) in [6.45, 7) is 6.67. The summed E-state index contributed by atoms with van der Waals surface area (Å²) in [6.07, 6.45) is 8.48. The van der Waals surface area contributed by atoms with E-state index in [2.05, 4.69) is 45.0 Å². The van der Waals surface area contributed by atoms with Gasteiger partial charge in [0.05, 0.1) is 11.6 Å². The molecular formula is C18H25N. The molecule has 1 rings (SSSR count). The average molecular weight is 255 g/mol. The van der Waals surface area contributed by atoms with Crippen LogP contribution in [0.4, 0.5) is 0 Å². The molecule has 1 heteroatoms. The van der Waals surface area contributed by atoms with E-state index in [9.17, 15) is 0 Å². The third kappa shape index (κ3) is 6.82. The van der Waals surface area contributed by atoms with Gasteiger partial charge in [-0.25, -0.2) is 0 Å². The number of hydrogen-bond acceptors (Lipinski definition) is 1. The third-order valence-electron chi connectivity index (χ3n) is 3.46. The molecule has 0 aromatic heterocycles. The smallest absolute Gasteiger partial charge is 0.0991 e. The first-order valence-electron chi connectivity index (χ1n) is 7.24. The molecule has 19 heavy (non-hydrogen) atoms. The third-order valence-corrected chi connectivity index (χ3v) is 3.46. The lowest BCUT2D eigenvalue weighted by Crippen LogP contribution is -1.96. The number of aryl methyl sites for hydroxylation is 1. The standard InChI is InChI=1S/C18H25N/c1-15(2)6-4-7-16(3)8-5-9-17-10-12-18(14-19)13-11-17/h6,10-13,16H,4-5,7-9H2,1-3H3. The van der Waals surface area contributed by atoms with Gasteiger partial charge in [-0.3, -0.25) is 0 Å². The maximum absolute atomic E-state index is 8.74. The molecular weight excluding hydrogens is 230 g/mol. The van der Waals surface area contributed by atoms with Gasteiger partial charge in [0.15, 0.2) is 0 Å². The summed E-state index contributed by atoms with van der Waals surface area (Å²) in [4.78, 5) is 0. The molecule has 1 aromatic carbocycles. The van der Waals surface area contributed by atoms with Crippen molar-refractivity contribution in [3.8, 4) is 6.07 Å². The van der Waals surface area contributed by atoms with Gasteiger partial charge in [0.1, 0.15) is 0 Å². The fraction of sp³-hybridized carbons (Fsp3) is 0.500. The second kappa shape index (κ2) is 8.53. The topological polar surface area (TPSA) is 23.8 Å². The van der Waals surface area contributed by atoms with Crippen molar-refractivity contribution in [2.24, 2.45) is 5.92 Å². The van der Waals surface area contributed by atoms with Crippen molar-refractivity contribution in [2.75, 3.05) is 0 Å². The Morgan fingerprint density at radius 3 is 2.47 bits per heavy atom. The molecule has 0 amide bonds. The van der Waals surface area contributed by atoms with Gasteiger partial charge >= 0.3 is 0 Å². The van der Waals surface area contributed by atoms with Crippen LogP contribution in [0.3, 0.4) is 0 Å². The Labute approximate surface area is 118 Å². The minimum Gasteiger partial charge on any atom is -0.192 e. The zero-order valence-electron chi connectivity index (χ0n) is 12.4. The predicted molar refractivity (Wildman–Crippen MR) is 81.9 cm³/mol. The Morgan fingerprint density at radius 2 is 1.89 bits per heavy atom. The first kappa shape index (κ1) is 15.5. The van der Waals surface area contributed by atoms with Crippen LogP contribution < -0.4 is 0 Å². The zero-order chi connectivity index (χ0) is 14.1. The lowest BCUT2D eigenvalue weighted by atomic mass is 9.96. The fourth-order valence-electron chi connectivity index (χ4n) is 2.20. The van der Waals surface area contributed by atoms with Crippen LogP contribution in [0.5, 0.6) is 0 Å². The summed E-state index contributed by atoms with van der Waals surface area (Å²) in [6, 6.07) is 10.1. The van der Waals surface area contributed by atoms with Crippen LogP contribution in [0.2, 0.25) is 0 Å². The molecule has 1 aromatic rings. The quantitative estimate of drug-likeness (QED) is 0.609. The normalized spacial score (nSPS) is 11.7. The summed E-state index contributed by atoms with van der Waals surface area (Å²) >= 11 is 0. The molecule has 0 saturated heterocycles. The summed E-state index contributed by atoms with van der Waals surface area (Å²) in [5.41, 5.74) is 3.51. The van der Waals surface area contributed by atoms with E-state index in [1.165, 1.54) is 36.8 Å². The molecule has 0 bridgehead atoms. The second-order valence-electron chi connectivity index (χ2n) is 5.66. The average Bonchev–Trinajstić information content (AvgIpc) is 2.39. The monoisotopic (exact) mass is 255 g/mol. The Morgan fingerprint density at radius 1 is 1.21 bits per heavy atom. The van der Waals surface area contributed by atoms with Crippen LogP contribution in [-0.2, 0) is 6.42 Å². The molecule has 0 aliphatic rings. The summed E-state index contributed by atoms with van der Waals surface area (Å²) in [5.74, 6) is 0.800. The lowest BCUT2D eigenvalue weighted by Gasteiger charge is -2.10. The molecule has 1 atom stereocenters. The van der Waals surface area contributed by atoms with E-state index in [-0.39, 0.29) is 0 Å². The Bertz CT molecular complexity index is 430. The van der Waals surface area contributed by atoms with Gasteiger partial charge in [0.25, 0.3) is 0 Å². The Kier molecular flexibility index (Phi) is 6.97. The van der Waals surface area contributed by atoms with Crippen LogP contribution in [-0.4, -0.2) is 0 Å². The second-order valence-corrected chi connectivity index (χ2v) is 5.66.